The van der Waals surface area contributed by atoms with Crippen LogP contribution < -0.4 is 20.1 Å². The largest absolute Gasteiger partial charge is 0.497 e. The van der Waals surface area contributed by atoms with Gasteiger partial charge in [-0.15, -0.1) is 11.3 Å². The third-order valence-electron chi connectivity index (χ3n) is 5.47. The number of anilines is 1. The van der Waals surface area contributed by atoms with Gasteiger partial charge in [0.15, 0.2) is 0 Å². The first-order valence-electron chi connectivity index (χ1n) is 10.2. The highest BCUT2D eigenvalue weighted by atomic mass is 32.1. The summed E-state index contributed by atoms with van der Waals surface area (Å²) in [5.74, 6) is 1.24. The van der Waals surface area contributed by atoms with Gasteiger partial charge in [0.2, 0.25) is 0 Å². The summed E-state index contributed by atoms with van der Waals surface area (Å²) in [6.07, 6.45) is 8.75. The Balaban J connectivity index is 1.58. The fourth-order valence-electron chi connectivity index (χ4n) is 4.02. The molecular weight excluding hydrogens is 398 g/mol. The summed E-state index contributed by atoms with van der Waals surface area (Å²) >= 11 is 1.84. The molecule has 0 fully saturated rings. The molecule has 0 saturated heterocycles. The number of nitrogens with one attached hydrogen (secondary N) is 2. The number of thiophene rings is 1. The molecule has 1 atom stereocenters. The molecule has 1 aromatic carbocycles. The molecule has 7 heteroatoms. The number of carbonyl (C=O) groups excluding carboxylic acids is 1. The molecule has 4 rings (SSSR count). The predicted molar refractivity (Wildman–Crippen MR) is 120 cm³/mol. The fraction of sp³-hybridized carbons (Fsp3) is 0.348. The van der Waals surface area contributed by atoms with E-state index in [1.165, 1.54) is 33.8 Å². The third kappa shape index (κ3) is 4.03. The first-order chi connectivity index (χ1) is 14.6. The number of aryl methyl sites for hydroxylation is 1. The number of carbonyl (C=O) groups is 1. The molecule has 2 N–H and O–H groups in total. The van der Waals surface area contributed by atoms with Crippen LogP contribution in [-0.2, 0) is 12.8 Å². The summed E-state index contributed by atoms with van der Waals surface area (Å²) in [5.41, 5.74) is 3.19. The summed E-state index contributed by atoms with van der Waals surface area (Å²) in [5, 5.41) is 7.22. The van der Waals surface area contributed by atoms with Crippen LogP contribution in [0.1, 0.15) is 41.8 Å². The van der Waals surface area contributed by atoms with Crippen molar-refractivity contribution in [2.24, 2.45) is 0 Å². The molecular formula is C23H27N3O3S. The number of ether oxygens (including phenoxy) is 2. The van der Waals surface area contributed by atoms with Crippen molar-refractivity contribution in [3.63, 3.8) is 0 Å². The van der Waals surface area contributed by atoms with Crippen molar-refractivity contribution in [3.05, 3.63) is 58.7 Å². The topological polar surface area (TPSA) is 64.5 Å². The van der Waals surface area contributed by atoms with Crippen LogP contribution in [-0.4, -0.2) is 24.8 Å². The van der Waals surface area contributed by atoms with Crippen LogP contribution >= 0.6 is 11.3 Å². The van der Waals surface area contributed by atoms with Gasteiger partial charge in [-0.05, 0) is 62.4 Å². The van der Waals surface area contributed by atoms with E-state index in [-0.39, 0.29) is 12.1 Å². The quantitative estimate of drug-likeness (QED) is 0.562. The Morgan fingerprint density at radius 3 is 2.63 bits per heavy atom. The molecule has 1 aliphatic rings. The standard InChI is InChI=1S/C23H27N3O3S/c1-15(24-23(27)25-18-14-16(28-2)10-11-19(18)29-3)21-17-8-4-5-9-20(17)30-22(21)26-12-6-7-13-26/h6-7,10-15H,4-5,8-9H2,1-3H3,(H2,24,25,27). The summed E-state index contributed by atoms with van der Waals surface area (Å²) in [6, 6.07) is 8.98. The van der Waals surface area contributed by atoms with Gasteiger partial charge in [-0.3, -0.25) is 0 Å². The minimum absolute atomic E-state index is 0.128. The average molecular weight is 426 g/mol. The van der Waals surface area contributed by atoms with Gasteiger partial charge in [-0.25, -0.2) is 4.79 Å². The predicted octanol–water partition coefficient (Wildman–Crippen LogP) is 5.32. The van der Waals surface area contributed by atoms with Crippen LogP contribution in [0.2, 0.25) is 0 Å². The number of fused-ring (bicyclic) bond motifs is 1. The van der Waals surface area contributed by atoms with Gasteiger partial charge in [-0.1, -0.05) is 0 Å². The smallest absolute Gasteiger partial charge is 0.319 e. The molecule has 0 saturated carbocycles. The Hall–Kier alpha value is -2.93. The lowest BCUT2D eigenvalue weighted by atomic mass is 9.93. The van der Waals surface area contributed by atoms with E-state index in [4.69, 9.17) is 9.47 Å². The number of aromatic nitrogens is 1. The molecule has 2 heterocycles. The molecule has 0 spiro atoms. The second kappa shape index (κ2) is 8.83. The van der Waals surface area contributed by atoms with Crippen molar-refractivity contribution < 1.29 is 14.3 Å². The van der Waals surface area contributed by atoms with Crippen molar-refractivity contribution >= 4 is 23.1 Å². The number of methoxy groups -OCH3 is 2. The minimum atomic E-state index is -0.275. The summed E-state index contributed by atoms with van der Waals surface area (Å²) in [6.45, 7) is 2.05. The number of nitrogens with zero attached hydrogens (tertiary/aromatic N) is 1. The van der Waals surface area contributed by atoms with E-state index in [9.17, 15) is 4.79 Å². The van der Waals surface area contributed by atoms with Gasteiger partial charge >= 0.3 is 6.03 Å². The second-order valence-electron chi connectivity index (χ2n) is 7.41. The maximum absolute atomic E-state index is 12.8. The monoisotopic (exact) mass is 425 g/mol. The van der Waals surface area contributed by atoms with Gasteiger partial charge in [0.05, 0.1) is 25.9 Å². The van der Waals surface area contributed by atoms with E-state index in [0.29, 0.717) is 17.2 Å². The van der Waals surface area contributed by atoms with E-state index in [0.717, 1.165) is 12.8 Å². The van der Waals surface area contributed by atoms with E-state index in [1.54, 1.807) is 32.4 Å². The van der Waals surface area contributed by atoms with Crippen LogP contribution in [0.3, 0.4) is 0 Å². The van der Waals surface area contributed by atoms with E-state index in [2.05, 4.69) is 27.6 Å². The maximum Gasteiger partial charge on any atom is 0.319 e. The van der Waals surface area contributed by atoms with Crippen molar-refractivity contribution in [1.29, 1.82) is 0 Å². The average Bonchev–Trinajstić information content (AvgIpc) is 3.41. The van der Waals surface area contributed by atoms with Crippen molar-refractivity contribution in [2.75, 3.05) is 19.5 Å². The first-order valence-corrected chi connectivity index (χ1v) is 11.0. The Morgan fingerprint density at radius 1 is 1.13 bits per heavy atom. The highest BCUT2D eigenvalue weighted by Crippen LogP contribution is 2.40. The molecule has 0 radical (unpaired) electrons. The zero-order chi connectivity index (χ0) is 21.1. The number of rotatable bonds is 6. The summed E-state index contributed by atoms with van der Waals surface area (Å²) in [7, 11) is 3.17. The molecule has 1 unspecified atom stereocenters. The summed E-state index contributed by atoms with van der Waals surface area (Å²) in [4.78, 5) is 14.3. The lowest BCUT2D eigenvalue weighted by Gasteiger charge is -2.20. The zero-order valence-corrected chi connectivity index (χ0v) is 18.3. The third-order valence-corrected chi connectivity index (χ3v) is 6.79. The molecule has 0 bridgehead atoms. The summed E-state index contributed by atoms with van der Waals surface area (Å²) < 4.78 is 12.8. The second-order valence-corrected chi connectivity index (χ2v) is 8.49. The highest BCUT2D eigenvalue weighted by Gasteiger charge is 2.26. The molecule has 30 heavy (non-hydrogen) atoms. The number of hydrogen-bond acceptors (Lipinski definition) is 4. The van der Waals surface area contributed by atoms with E-state index < -0.39 is 0 Å². The lowest BCUT2D eigenvalue weighted by molar-refractivity contribution is 0.249. The fourth-order valence-corrected chi connectivity index (χ4v) is 5.48. The normalized spacial score (nSPS) is 14.0. The maximum atomic E-state index is 12.8. The van der Waals surface area contributed by atoms with Gasteiger partial charge in [-0.2, -0.15) is 0 Å². The molecule has 3 aromatic rings. The first kappa shape index (κ1) is 20.3. The van der Waals surface area contributed by atoms with Crippen LogP contribution in [0.5, 0.6) is 11.5 Å². The number of amides is 2. The molecule has 2 amide bonds. The van der Waals surface area contributed by atoms with Gasteiger partial charge < -0.3 is 24.7 Å². The Morgan fingerprint density at radius 2 is 1.90 bits per heavy atom. The molecule has 1 aliphatic carbocycles. The molecule has 158 valence electrons. The van der Waals surface area contributed by atoms with E-state index in [1.807, 2.05) is 30.4 Å². The highest BCUT2D eigenvalue weighted by molar-refractivity contribution is 7.15. The van der Waals surface area contributed by atoms with E-state index >= 15 is 0 Å². The number of benzene rings is 1. The van der Waals surface area contributed by atoms with Crippen molar-refractivity contribution in [1.82, 2.24) is 9.88 Å². The van der Waals surface area contributed by atoms with Gasteiger partial charge in [0.25, 0.3) is 0 Å². The number of urea groups is 1. The molecule has 6 nitrogen and oxygen atoms in total. The lowest BCUT2D eigenvalue weighted by Crippen LogP contribution is -2.32. The Labute approximate surface area is 180 Å². The van der Waals surface area contributed by atoms with Crippen LogP contribution in [0, 0.1) is 0 Å². The Kier molecular flexibility index (Phi) is 5.99. The zero-order valence-electron chi connectivity index (χ0n) is 17.5. The van der Waals surface area contributed by atoms with Crippen molar-refractivity contribution in [2.45, 2.75) is 38.6 Å². The molecule has 0 aliphatic heterocycles. The Bertz CT molecular complexity index is 1030. The van der Waals surface area contributed by atoms with Crippen LogP contribution in [0.4, 0.5) is 10.5 Å². The van der Waals surface area contributed by atoms with Crippen LogP contribution in [0.25, 0.3) is 5.00 Å². The van der Waals surface area contributed by atoms with Gasteiger partial charge in [0, 0.05) is 28.9 Å². The molecule has 2 aromatic heterocycles. The SMILES string of the molecule is COc1ccc(OC)c(NC(=O)NC(C)c2c(-n3cccc3)sc3c2CCCC3)c1. The van der Waals surface area contributed by atoms with Crippen molar-refractivity contribution in [3.8, 4) is 16.5 Å². The van der Waals surface area contributed by atoms with Crippen LogP contribution in [0.15, 0.2) is 42.7 Å². The van der Waals surface area contributed by atoms with Gasteiger partial charge in [0.1, 0.15) is 16.5 Å². The number of hydrogen-bond donors (Lipinski definition) is 2. The minimum Gasteiger partial charge on any atom is -0.497 e.